The van der Waals surface area contributed by atoms with Crippen molar-refractivity contribution in [3.8, 4) is 0 Å². The van der Waals surface area contributed by atoms with E-state index in [1.54, 1.807) is 104 Å². The number of ketones is 2. The number of carbonyl (C=O) groups excluding carboxylic acids is 8. The summed E-state index contributed by atoms with van der Waals surface area (Å²) < 4.78 is 23.9. The number of nitrogens with zero attached hydrogens (tertiary/aromatic N) is 4. The first-order chi connectivity index (χ1) is 48.1. The third-order valence-corrected chi connectivity index (χ3v) is 22.2. The summed E-state index contributed by atoms with van der Waals surface area (Å²) in [6.45, 7) is 32.2. The molecule has 0 aliphatic carbocycles. The molecule has 4 rings (SSSR count). The maximum Gasteiger partial charge on any atom is 0.226 e. The lowest BCUT2D eigenvalue weighted by Gasteiger charge is -2.41. The molecule has 2 aliphatic heterocycles. The molecular formula is C80H136N8O14. The number of hydrogen-bond donors (Lipinski definition) is 6. The standard InChI is InChI=1S/2C40H68N4O7/c2*1-13-26(6)36(43(10)40(49)30(24(2)3)22-32(45)35(41-9)25(4)5)33(50-11)23-34(46)44-21-17-20-31(44)38(51-12)27(7)39(48)42-28(8)37(47)29-18-15-14-16-19-29/h2*14-16,18-19,24-28,30-31,33,35-38,41,47H,13,17,20-23H2,1-12H3,(H,42,48)/t2*26-,27+,28+,30-,31-,33+,35-,36-,37+,38+/m00/s1. The van der Waals surface area contributed by atoms with Gasteiger partial charge in [-0.05, 0) is 100 Å². The van der Waals surface area contributed by atoms with Gasteiger partial charge in [-0.2, -0.15) is 0 Å². The summed E-state index contributed by atoms with van der Waals surface area (Å²) in [6.07, 6.45) is 0.763. The fourth-order valence-electron chi connectivity index (χ4n) is 15.5. The third kappa shape index (κ3) is 24.7. The summed E-state index contributed by atoms with van der Waals surface area (Å²) in [5.74, 6) is -3.08. The average molecular weight is 1430 g/mol. The van der Waals surface area contributed by atoms with Gasteiger partial charge in [0.1, 0.15) is 0 Å². The Bertz CT molecular complexity index is 2680. The van der Waals surface area contributed by atoms with Crippen LogP contribution in [-0.4, -0.2) is 219 Å². The molecule has 0 unspecified atom stereocenters. The maximum absolute atomic E-state index is 14.2. The van der Waals surface area contributed by atoms with Crippen LogP contribution in [0.2, 0.25) is 0 Å². The Hall–Kier alpha value is -5.72. The van der Waals surface area contributed by atoms with Crippen LogP contribution in [0.4, 0.5) is 0 Å². The number of likely N-dealkylation sites (N-methyl/N-ethyl adjacent to an activating group) is 4. The Labute approximate surface area is 613 Å². The number of likely N-dealkylation sites (tertiary alicyclic amines) is 2. The van der Waals surface area contributed by atoms with Gasteiger partial charge in [-0.25, -0.2) is 0 Å². The molecule has 2 aromatic carbocycles. The van der Waals surface area contributed by atoms with Crippen molar-refractivity contribution in [3.63, 3.8) is 0 Å². The lowest BCUT2D eigenvalue weighted by atomic mass is 9.84. The molecule has 2 saturated heterocycles. The minimum Gasteiger partial charge on any atom is -0.386 e. The largest absolute Gasteiger partial charge is 0.386 e. The normalized spacial score (nSPS) is 20.2. The van der Waals surface area contributed by atoms with Gasteiger partial charge < -0.3 is 70.0 Å². The van der Waals surface area contributed by atoms with Crippen molar-refractivity contribution in [2.24, 2.45) is 59.2 Å². The zero-order valence-electron chi connectivity index (χ0n) is 66.7. The SMILES string of the molecule is CC[C@H](C)[C@@H]([C@@H](CC(=O)N1CCC[C@H]1[C@H](OC)[C@@H](C)C(=O)N[C@H](C)[C@@H](O)c1ccccc1)OC)N(C)C(=O)[C@@H](CC(=O)[C@@H](NC)C(C)C)C(C)C.CC[C@H](C)[C@@H]([C@@H](CC(=O)N1CCC[C@H]1[C@H](OC)[C@@H](C)C(=O)N[C@H](C)[C@@H](O)c1ccccc1)OC)N(C)C(=O)[C@@H](CC(=O)[C@@H](NC)C(C)C)C(C)C. The Morgan fingerprint density at radius 1 is 0.480 bits per heavy atom. The minimum atomic E-state index is -0.871. The van der Waals surface area contributed by atoms with E-state index >= 15 is 0 Å². The fourth-order valence-corrected chi connectivity index (χ4v) is 15.5. The van der Waals surface area contributed by atoms with Crippen LogP contribution in [0.3, 0.4) is 0 Å². The van der Waals surface area contributed by atoms with Crippen molar-refractivity contribution in [1.29, 1.82) is 0 Å². The van der Waals surface area contributed by atoms with Gasteiger partial charge in [0.25, 0.3) is 0 Å². The first-order valence-electron chi connectivity index (χ1n) is 37.8. The van der Waals surface area contributed by atoms with Crippen molar-refractivity contribution in [2.45, 2.75) is 260 Å². The Morgan fingerprint density at radius 3 is 1.05 bits per heavy atom. The number of carbonyl (C=O) groups is 8. The predicted molar refractivity (Wildman–Crippen MR) is 402 cm³/mol. The number of amides is 6. The predicted octanol–water partition coefficient (Wildman–Crippen LogP) is 9.24. The molecule has 580 valence electrons. The van der Waals surface area contributed by atoms with Gasteiger partial charge in [-0.1, -0.05) is 170 Å². The molecule has 2 aliphatic rings. The molecule has 6 amide bonds. The summed E-state index contributed by atoms with van der Waals surface area (Å²) in [7, 11) is 13.4. The quantitative estimate of drug-likeness (QED) is 0.0361. The third-order valence-electron chi connectivity index (χ3n) is 22.2. The highest BCUT2D eigenvalue weighted by Crippen LogP contribution is 2.34. The van der Waals surface area contributed by atoms with Crippen molar-refractivity contribution in [2.75, 3.05) is 69.7 Å². The Morgan fingerprint density at radius 2 is 0.794 bits per heavy atom. The van der Waals surface area contributed by atoms with E-state index in [1.807, 2.05) is 116 Å². The lowest BCUT2D eigenvalue weighted by Crippen LogP contribution is -2.54. The molecule has 2 aromatic rings. The number of aliphatic hydroxyl groups excluding tert-OH is 2. The molecule has 102 heavy (non-hydrogen) atoms. The molecule has 20 atom stereocenters. The molecular weight excluding hydrogens is 1300 g/mol. The molecule has 22 nitrogen and oxygen atoms in total. The lowest BCUT2D eigenvalue weighted by molar-refractivity contribution is -0.149. The maximum atomic E-state index is 14.2. The van der Waals surface area contributed by atoms with Gasteiger partial charge in [-0.15, -0.1) is 0 Å². The summed E-state index contributed by atoms with van der Waals surface area (Å²) in [6, 6.07) is 15.2. The van der Waals surface area contributed by atoms with E-state index in [0.717, 1.165) is 25.7 Å². The Kier molecular flexibility index (Phi) is 39.3. The van der Waals surface area contributed by atoms with Crippen LogP contribution in [0.5, 0.6) is 0 Å². The van der Waals surface area contributed by atoms with Crippen LogP contribution >= 0.6 is 0 Å². The highest BCUT2D eigenvalue weighted by atomic mass is 16.5. The van der Waals surface area contributed by atoms with Gasteiger partial charge in [0, 0.05) is 80.3 Å². The monoisotopic (exact) mass is 1430 g/mol. The number of rotatable bonds is 42. The smallest absolute Gasteiger partial charge is 0.226 e. The molecule has 2 fully saturated rings. The average Bonchev–Trinajstić information content (AvgIpc) is 1.50. The van der Waals surface area contributed by atoms with Crippen molar-refractivity contribution in [1.82, 2.24) is 40.9 Å². The fraction of sp³-hybridized carbons (Fsp3) is 0.750. The van der Waals surface area contributed by atoms with Crippen LogP contribution in [0, 0.1) is 59.2 Å². The van der Waals surface area contributed by atoms with Crippen LogP contribution in [0.15, 0.2) is 60.7 Å². The summed E-state index contributed by atoms with van der Waals surface area (Å²) in [5.41, 5.74) is 1.43. The number of nitrogens with one attached hydrogen (secondary N) is 4. The van der Waals surface area contributed by atoms with Crippen LogP contribution in [0.25, 0.3) is 0 Å². The van der Waals surface area contributed by atoms with Crippen molar-refractivity contribution < 1.29 is 67.5 Å². The molecule has 0 spiro atoms. The number of ether oxygens (including phenoxy) is 4. The second kappa shape index (κ2) is 44.3. The summed E-state index contributed by atoms with van der Waals surface area (Å²) >= 11 is 0. The van der Waals surface area contributed by atoms with Gasteiger partial charge in [0.15, 0.2) is 11.6 Å². The van der Waals surface area contributed by atoms with Gasteiger partial charge in [-0.3, -0.25) is 38.4 Å². The van der Waals surface area contributed by atoms with Gasteiger partial charge in [0.2, 0.25) is 35.4 Å². The zero-order chi connectivity index (χ0) is 77.2. The Balaban J connectivity index is 0.000000530. The van der Waals surface area contributed by atoms with Crippen molar-refractivity contribution in [3.05, 3.63) is 71.8 Å². The molecule has 0 aromatic heterocycles. The summed E-state index contributed by atoms with van der Waals surface area (Å²) in [4.78, 5) is 117. The number of aliphatic hydroxyl groups is 2. The molecule has 0 bridgehead atoms. The molecule has 22 heteroatoms. The first-order valence-corrected chi connectivity index (χ1v) is 37.8. The van der Waals surface area contributed by atoms with Crippen LogP contribution in [-0.2, 0) is 57.3 Å². The van der Waals surface area contributed by atoms with E-state index < -0.39 is 84.5 Å². The minimum absolute atomic E-state index is 0.0129. The zero-order valence-corrected chi connectivity index (χ0v) is 66.7. The summed E-state index contributed by atoms with van der Waals surface area (Å²) in [5, 5.41) is 33.8. The van der Waals surface area contributed by atoms with E-state index in [1.165, 1.54) is 0 Å². The van der Waals surface area contributed by atoms with Gasteiger partial charge >= 0.3 is 0 Å². The highest BCUT2D eigenvalue weighted by Gasteiger charge is 2.46. The molecule has 6 N–H and O–H groups in total. The van der Waals surface area contributed by atoms with Gasteiger partial charge in [0.05, 0.1) is 110 Å². The topological polar surface area (TPSA) is 275 Å². The first kappa shape index (κ1) is 90.5. The molecule has 0 saturated carbocycles. The number of benzene rings is 2. The van der Waals surface area contributed by atoms with Crippen LogP contribution < -0.4 is 21.3 Å². The van der Waals surface area contributed by atoms with E-state index in [2.05, 4.69) is 49.0 Å². The second-order valence-electron chi connectivity index (χ2n) is 30.5. The number of methoxy groups -OCH3 is 4. The molecule has 2 heterocycles. The second-order valence-corrected chi connectivity index (χ2v) is 30.5. The number of Topliss-reactive ketones (excluding diaryl/α,β-unsaturated/α-hetero) is 2. The van der Waals surface area contributed by atoms with Crippen LogP contribution in [0.1, 0.15) is 198 Å². The van der Waals surface area contributed by atoms with E-state index in [4.69, 9.17) is 18.9 Å². The highest BCUT2D eigenvalue weighted by molar-refractivity contribution is 5.91. The van der Waals surface area contributed by atoms with E-state index in [0.29, 0.717) is 37.1 Å². The number of hydrogen-bond acceptors (Lipinski definition) is 16. The van der Waals surface area contributed by atoms with E-state index in [9.17, 15) is 48.6 Å². The van der Waals surface area contributed by atoms with E-state index in [-0.39, 0.29) is 132 Å². The molecule has 0 radical (unpaired) electrons. The van der Waals surface area contributed by atoms with Crippen molar-refractivity contribution >= 4 is 47.0 Å².